The Balaban J connectivity index is 1.64. The average molecular weight is 608 g/mol. The van der Waals surface area contributed by atoms with Gasteiger partial charge < -0.3 is 15.0 Å². The number of rotatable bonds is 11. The molecule has 1 N–H and O–H groups in total. The second kappa shape index (κ2) is 13.6. The van der Waals surface area contributed by atoms with Crippen LogP contribution in [0.2, 0.25) is 5.02 Å². The molecule has 7 heteroatoms. The van der Waals surface area contributed by atoms with Gasteiger partial charge in [0.05, 0.1) is 4.47 Å². The van der Waals surface area contributed by atoms with Crippen LogP contribution in [0.3, 0.4) is 0 Å². The topological polar surface area (TPSA) is 58.6 Å². The number of nitrogens with one attached hydrogen (secondary N) is 1. The van der Waals surface area contributed by atoms with Crippen molar-refractivity contribution in [3.05, 3.63) is 112 Å². The predicted octanol–water partition coefficient (Wildman–Crippen LogP) is 7.19. The minimum Gasteiger partial charge on any atom is -0.483 e. The molecule has 0 saturated heterocycles. The summed E-state index contributed by atoms with van der Waals surface area (Å²) in [6.45, 7) is 3.97. The van der Waals surface area contributed by atoms with Gasteiger partial charge in [-0.1, -0.05) is 91.3 Å². The highest BCUT2D eigenvalue weighted by Crippen LogP contribution is 2.33. The van der Waals surface area contributed by atoms with Crippen LogP contribution < -0.4 is 10.1 Å². The van der Waals surface area contributed by atoms with Gasteiger partial charge in [-0.2, -0.15) is 0 Å². The molecule has 39 heavy (non-hydrogen) atoms. The molecule has 2 amide bonds. The van der Waals surface area contributed by atoms with Gasteiger partial charge in [0, 0.05) is 24.0 Å². The second-order valence-electron chi connectivity index (χ2n) is 9.56. The zero-order valence-electron chi connectivity index (χ0n) is 22.1. The first kappa shape index (κ1) is 28.7. The molecule has 4 aromatic carbocycles. The Kier molecular flexibility index (Phi) is 10.0. The molecule has 0 heterocycles. The lowest BCUT2D eigenvalue weighted by molar-refractivity contribution is -0.143. The Labute approximate surface area is 243 Å². The van der Waals surface area contributed by atoms with Crippen LogP contribution in [0.25, 0.3) is 10.8 Å². The fourth-order valence-corrected chi connectivity index (χ4v) is 5.20. The van der Waals surface area contributed by atoms with Crippen LogP contribution >= 0.6 is 27.5 Å². The Morgan fingerprint density at radius 1 is 0.949 bits per heavy atom. The Morgan fingerprint density at radius 3 is 2.41 bits per heavy atom. The first-order chi connectivity index (χ1) is 18.9. The molecular weight excluding hydrogens is 576 g/mol. The van der Waals surface area contributed by atoms with Crippen LogP contribution in [-0.4, -0.2) is 35.4 Å². The van der Waals surface area contributed by atoms with Gasteiger partial charge in [-0.3, -0.25) is 9.59 Å². The molecule has 202 valence electrons. The van der Waals surface area contributed by atoms with Crippen molar-refractivity contribution in [2.45, 2.75) is 45.3 Å². The van der Waals surface area contributed by atoms with E-state index in [0.29, 0.717) is 17.2 Å². The van der Waals surface area contributed by atoms with Crippen LogP contribution in [0.4, 0.5) is 0 Å². The zero-order valence-corrected chi connectivity index (χ0v) is 24.4. The van der Waals surface area contributed by atoms with Crippen LogP contribution in [0.5, 0.6) is 5.75 Å². The first-order valence-corrected chi connectivity index (χ1v) is 14.2. The van der Waals surface area contributed by atoms with E-state index in [2.05, 4.69) is 21.2 Å². The number of amides is 2. The molecule has 0 fully saturated rings. The van der Waals surface area contributed by atoms with Crippen molar-refractivity contribution >= 4 is 50.1 Å². The molecular formula is C32H32BrClN2O3. The number of hydrogen-bond donors (Lipinski definition) is 1. The molecule has 4 aromatic rings. The van der Waals surface area contributed by atoms with Gasteiger partial charge >= 0.3 is 0 Å². The predicted molar refractivity (Wildman–Crippen MR) is 161 cm³/mol. The number of benzene rings is 4. The standard InChI is InChI=1S/C32H32BrClN2O3/c1-3-22(2)35-32(38)28(19-23-10-5-4-6-11-23)36(20-24-12-9-14-26(34)18-24)30(37)21-39-29-17-16-25-13-7-8-15-27(25)31(29)33/h4-18,22,28H,3,19-21H2,1-2H3,(H,35,38)/t22-,28-/m1/s1. The van der Waals surface area contributed by atoms with Crippen LogP contribution in [0.1, 0.15) is 31.4 Å². The number of halogens is 2. The van der Waals surface area contributed by atoms with Crippen LogP contribution in [-0.2, 0) is 22.6 Å². The zero-order chi connectivity index (χ0) is 27.8. The van der Waals surface area contributed by atoms with Crippen molar-refractivity contribution in [2.24, 2.45) is 0 Å². The summed E-state index contributed by atoms with van der Waals surface area (Å²) in [4.78, 5) is 29.1. The monoisotopic (exact) mass is 606 g/mol. The highest BCUT2D eigenvalue weighted by molar-refractivity contribution is 9.10. The van der Waals surface area contributed by atoms with Gasteiger partial charge in [-0.15, -0.1) is 0 Å². The molecule has 0 spiro atoms. The fraction of sp³-hybridized carbons (Fsp3) is 0.250. The molecule has 0 unspecified atom stereocenters. The van der Waals surface area contributed by atoms with E-state index in [1.165, 1.54) is 0 Å². The molecule has 0 aliphatic heterocycles. The Bertz CT molecular complexity index is 1430. The minimum atomic E-state index is -0.739. The fourth-order valence-electron chi connectivity index (χ4n) is 4.37. The summed E-state index contributed by atoms with van der Waals surface area (Å²) in [5.74, 6) is 0.0687. The molecule has 5 nitrogen and oxygen atoms in total. The maximum atomic E-state index is 13.8. The smallest absolute Gasteiger partial charge is 0.261 e. The lowest BCUT2D eigenvalue weighted by Crippen LogP contribution is -2.53. The van der Waals surface area contributed by atoms with Crippen molar-refractivity contribution < 1.29 is 14.3 Å². The maximum Gasteiger partial charge on any atom is 0.261 e. The van der Waals surface area contributed by atoms with Gasteiger partial charge in [0.1, 0.15) is 11.8 Å². The summed E-state index contributed by atoms with van der Waals surface area (Å²) < 4.78 is 6.82. The lowest BCUT2D eigenvalue weighted by atomic mass is 10.0. The van der Waals surface area contributed by atoms with Gasteiger partial charge in [-0.25, -0.2) is 0 Å². The molecule has 0 radical (unpaired) electrons. The molecule has 0 aromatic heterocycles. The van der Waals surface area contributed by atoms with E-state index in [0.717, 1.165) is 32.8 Å². The quantitative estimate of drug-likeness (QED) is 0.196. The van der Waals surface area contributed by atoms with Gasteiger partial charge in [-0.05, 0) is 69.4 Å². The maximum absolute atomic E-state index is 13.8. The molecule has 0 aliphatic carbocycles. The summed E-state index contributed by atoms with van der Waals surface area (Å²) in [5.41, 5.74) is 1.79. The van der Waals surface area contributed by atoms with E-state index in [4.69, 9.17) is 16.3 Å². The summed E-state index contributed by atoms with van der Waals surface area (Å²) in [5, 5.41) is 5.71. The summed E-state index contributed by atoms with van der Waals surface area (Å²) in [7, 11) is 0. The van der Waals surface area contributed by atoms with E-state index >= 15 is 0 Å². The second-order valence-corrected chi connectivity index (χ2v) is 10.8. The van der Waals surface area contributed by atoms with Crippen LogP contribution in [0.15, 0.2) is 95.5 Å². The molecule has 0 saturated carbocycles. The van der Waals surface area contributed by atoms with E-state index in [1.54, 1.807) is 11.0 Å². The highest BCUT2D eigenvalue weighted by Gasteiger charge is 2.31. The summed E-state index contributed by atoms with van der Waals surface area (Å²) in [6.07, 6.45) is 1.15. The summed E-state index contributed by atoms with van der Waals surface area (Å²) in [6, 6.07) is 28.1. The molecule has 0 bridgehead atoms. The van der Waals surface area contributed by atoms with Crippen molar-refractivity contribution in [1.82, 2.24) is 10.2 Å². The number of ether oxygens (including phenoxy) is 1. The van der Waals surface area contributed by atoms with E-state index in [1.807, 2.05) is 98.8 Å². The van der Waals surface area contributed by atoms with Gasteiger partial charge in [0.2, 0.25) is 5.91 Å². The Hall–Kier alpha value is -3.35. The average Bonchev–Trinajstić information content (AvgIpc) is 2.95. The SMILES string of the molecule is CC[C@@H](C)NC(=O)[C@@H](Cc1ccccc1)N(Cc1cccc(Cl)c1)C(=O)COc1ccc2ccccc2c1Br. The third-order valence-electron chi connectivity index (χ3n) is 6.69. The number of fused-ring (bicyclic) bond motifs is 1. The minimum absolute atomic E-state index is 0.0244. The largest absolute Gasteiger partial charge is 0.483 e. The number of hydrogen-bond acceptors (Lipinski definition) is 3. The van der Waals surface area contributed by atoms with Crippen molar-refractivity contribution in [3.63, 3.8) is 0 Å². The normalized spacial score (nSPS) is 12.5. The van der Waals surface area contributed by atoms with Gasteiger partial charge in [0.25, 0.3) is 5.91 Å². The van der Waals surface area contributed by atoms with Crippen molar-refractivity contribution in [3.8, 4) is 5.75 Å². The molecule has 0 aliphatic rings. The van der Waals surface area contributed by atoms with E-state index in [-0.39, 0.29) is 31.0 Å². The molecule has 4 rings (SSSR count). The van der Waals surface area contributed by atoms with Crippen molar-refractivity contribution in [2.75, 3.05) is 6.61 Å². The van der Waals surface area contributed by atoms with Gasteiger partial charge in [0.15, 0.2) is 6.61 Å². The summed E-state index contributed by atoms with van der Waals surface area (Å²) >= 11 is 9.89. The Morgan fingerprint density at radius 2 is 1.67 bits per heavy atom. The third-order valence-corrected chi connectivity index (χ3v) is 7.75. The van der Waals surface area contributed by atoms with E-state index < -0.39 is 6.04 Å². The van der Waals surface area contributed by atoms with Crippen molar-refractivity contribution in [1.29, 1.82) is 0 Å². The number of carbonyl (C=O) groups is 2. The van der Waals surface area contributed by atoms with Crippen LogP contribution in [0, 0.1) is 0 Å². The highest BCUT2D eigenvalue weighted by atomic mass is 79.9. The molecule has 2 atom stereocenters. The first-order valence-electron chi connectivity index (χ1n) is 13.0. The van der Waals surface area contributed by atoms with E-state index in [9.17, 15) is 9.59 Å². The lowest BCUT2D eigenvalue weighted by Gasteiger charge is -2.32. The number of nitrogens with zero attached hydrogens (tertiary/aromatic N) is 1. The third kappa shape index (κ3) is 7.61. The number of carbonyl (C=O) groups excluding carboxylic acids is 2.